The van der Waals surface area contributed by atoms with Gasteiger partial charge >= 0.3 is 5.97 Å². The number of carbonyl (C=O) groups excluding carboxylic acids is 1. The first-order valence-electron chi connectivity index (χ1n) is 9.93. The molecule has 8 heteroatoms. The van der Waals surface area contributed by atoms with E-state index in [4.69, 9.17) is 4.74 Å². The zero-order valence-corrected chi connectivity index (χ0v) is 18.0. The van der Waals surface area contributed by atoms with E-state index < -0.39 is 15.8 Å². The molecule has 0 unspecified atom stereocenters. The summed E-state index contributed by atoms with van der Waals surface area (Å²) >= 11 is 0. The number of benzene rings is 3. The molecule has 0 amide bonds. The Morgan fingerprint density at radius 1 is 1.12 bits per heavy atom. The molecule has 0 aliphatic heterocycles. The number of rotatable bonds is 5. The number of hydrogen-bond acceptors (Lipinski definition) is 6. The summed E-state index contributed by atoms with van der Waals surface area (Å²) in [5, 5.41) is 2.11. The molecule has 0 atom stereocenters. The Labute approximate surface area is 182 Å². The molecule has 3 aromatic carbocycles. The molecule has 7 nitrogen and oxygen atoms in total. The van der Waals surface area contributed by atoms with Crippen molar-refractivity contribution in [3.8, 4) is 0 Å². The van der Waals surface area contributed by atoms with Gasteiger partial charge in [0.15, 0.2) is 9.84 Å². The Morgan fingerprint density at radius 3 is 2.69 bits per heavy atom. The first-order valence-corrected chi connectivity index (χ1v) is 11.6. The summed E-state index contributed by atoms with van der Waals surface area (Å²) in [5.41, 5.74) is 2.68. The predicted octanol–water partition coefficient (Wildman–Crippen LogP) is 3.40. The standard InChI is InChI=1S/C24H18N2O5S/c1-3-21(27)31-11-12-32(29,30)20-10-8-16-22-15(20)5-4-6-17(22)24(28)26-19-9-7-14(2)13-18(19)25-23(16)26/h3-10,13H,1,11-12H2,2H3. The Morgan fingerprint density at radius 2 is 1.91 bits per heavy atom. The van der Waals surface area contributed by atoms with Gasteiger partial charge < -0.3 is 4.74 Å². The van der Waals surface area contributed by atoms with E-state index >= 15 is 0 Å². The summed E-state index contributed by atoms with van der Waals surface area (Å²) in [7, 11) is -3.78. The minimum Gasteiger partial charge on any atom is -0.461 e. The lowest BCUT2D eigenvalue weighted by molar-refractivity contribution is -0.137. The molecule has 0 fully saturated rings. The van der Waals surface area contributed by atoms with E-state index in [0.29, 0.717) is 38.2 Å². The van der Waals surface area contributed by atoms with Crippen LogP contribution in [0.3, 0.4) is 0 Å². The van der Waals surface area contributed by atoms with Crippen LogP contribution in [-0.2, 0) is 19.4 Å². The minimum absolute atomic E-state index is 0.0842. The molecule has 5 aromatic rings. The zero-order chi connectivity index (χ0) is 22.6. The second kappa shape index (κ2) is 7.13. The van der Waals surface area contributed by atoms with Gasteiger partial charge in [-0.2, -0.15) is 0 Å². The first kappa shape index (κ1) is 20.1. The highest BCUT2D eigenvalue weighted by Crippen LogP contribution is 2.33. The zero-order valence-electron chi connectivity index (χ0n) is 17.2. The van der Waals surface area contributed by atoms with Crippen molar-refractivity contribution in [3.05, 3.63) is 77.1 Å². The van der Waals surface area contributed by atoms with Gasteiger partial charge in [0.25, 0.3) is 5.56 Å². The quantitative estimate of drug-likeness (QED) is 0.303. The molecule has 0 spiro atoms. The average molecular weight is 446 g/mol. The third-order valence-corrected chi connectivity index (χ3v) is 7.31. The molecule has 5 rings (SSSR count). The van der Waals surface area contributed by atoms with Gasteiger partial charge in [-0.1, -0.05) is 24.8 Å². The van der Waals surface area contributed by atoms with Crippen molar-refractivity contribution in [3.63, 3.8) is 0 Å². The van der Waals surface area contributed by atoms with Crippen molar-refractivity contribution in [1.29, 1.82) is 0 Å². The highest BCUT2D eigenvalue weighted by Gasteiger charge is 2.23. The molecule has 0 saturated heterocycles. The number of ether oxygens (including phenoxy) is 1. The summed E-state index contributed by atoms with van der Waals surface area (Å²) < 4.78 is 32.5. The number of nitrogens with zero attached hydrogens (tertiary/aromatic N) is 2. The predicted molar refractivity (Wildman–Crippen MR) is 123 cm³/mol. The summed E-state index contributed by atoms with van der Waals surface area (Å²) in [6, 6.07) is 14.0. The van der Waals surface area contributed by atoms with Crippen LogP contribution in [0.4, 0.5) is 0 Å². The van der Waals surface area contributed by atoms with Crippen molar-refractivity contribution >= 4 is 54.0 Å². The van der Waals surface area contributed by atoms with Gasteiger partial charge in [0.1, 0.15) is 12.3 Å². The fourth-order valence-electron chi connectivity index (χ4n) is 4.13. The topological polar surface area (TPSA) is 94.8 Å². The van der Waals surface area contributed by atoms with Gasteiger partial charge in [0, 0.05) is 27.6 Å². The SMILES string of the molecule is C=CC(=O)OCCS(=O)(=O)c1ccc2c3c1cccc3c(=O)n1c3ccc(C)cc3nc21. The molecule has 2 heterocycles. The van der Waals surface area contributed by atoms with Gasteiger partial charge in [0.05, 0.1) is 21.7 Å². The van der Waals surface area contributed by atoms with Crippen molar-refractivity contribution in [1.82, 2.24) is 9.38 Å². The summed E-state index contributed by atoms with van der Waals surface area (Å²) in [5.74, 6) is -1.06. The number of imidazole rings is 1. The number of hydrogen-bond donors (Lipinski definition) is 0. The monoisotopic (exact) mass is 446 g/mol. The number of sulfone groups is 1. The van der Waals surface area contributed by atoms with E-state index in [0.717, 1.165) is 11.6 Å². The summed E-state index contributed by atoms with van der Waals surface area (Å²) in [4.78, 5) is 29.4. The lowest BCUT2D eigenvalue weighted by atomic mass is 10.0. The van der Waals surface area contributed by atoms with Crippen LogP contribution in [-0.4, -0.2) is 36.1 Å². The van der Waals surface area contributed by atoms with Gasteiger partial charge in [0.2, 0.25) is 0 Å². The molecule has 32 heavy (non-hydrogen) atoms. The van der Waals surface area contributed by atoms with E-state index in [1.165, 1.54) is 6.07 Å². The highest BCUT2D eigenvalue weighted by atomic mass is 32.2. The molecular weight excluding hydrogens is 428 g/mol. The van der Waals surface area contributed by atoms with Gasteiger partial charge in [-0.3, -0.25) is 9.20 Å². The fourth-order valence-corrected chi connectivity index (χ4v) is 5.44. The lowest BCUT2D eigenvalue weighted by Gasteiger charge is -2.12. The minimum atomic E-state index is -3.78. The number of esters is 1. The van der Waals surface area contributed by atoms with Crippen LogP contribution in [0, 0.1) is 6.92 Å². The van der Waals surface area contributed by atoms with E-state index in [-0.39, 0.29) is 22.8 Å². The van der Waals surface area contributed by atoms with Crippen LogP contribution >= 0.6 is 0 Å². The van der Waals surface area contributed by atoms with Crippen molar-refractivity contribution in [2.24, 2.45) is 0 Å². The van der Waals surface area contributed by atoms with Gasteiger partial charge in [-0.05, 0) is 42.8 Å². The van der Waals surface area contributed by atoms with Crippen molar-refractivity contribution in [2.75, 3.05) is 12.4 Å². The average Bonchev–Trinajstić information content (AvgIpc) is 3.15. The smallest absolute Gasteiger partial charge is 0.330 e. The van der Waals surface area contributed by atoms with Crippen molar-refractivity contribution < 1.29 is 17.9 Å². The number of fused-ring (bicyclic) bond motifs is 4. The van der Waals surface area contributed by atoms with Crippen molar-refractivity contribution in [2.45, 2.75) is 11.8 Å². The number of aryl methyl sites for hydroxylation is 1. The van der Waals surface area contributed by atoms with Crippen LogP contribution in [0.2, 0.25) is 0 Å². The fraction of sp³-hybridized carbons (Fsp3) is 0.125. The highest BCUT2D eigenvalue weighted by molar-refractivity contribution is 7.91. The third-order valence-electron chi connectivity index (χ3n) is 5.58. The van der Waals surface area contributed by atoms with Gasteiger partial charge in [-0.25, -0.2) is 18.2 Å². The van der Waals surface area contributed by atoms with Crippen LogP contribution in [0.5, 0.6) is 0 Å². The maximum Gasteiger partial charge on any atom is 0.330 e. The Kier molecular flexibility index (Phi) is 4.49. The molecule has 0 radical (unpaired) electrons. The maximum absolute atomic E-state index is 13.4. The largest absolute Gasteiger partial charge is 0.461 e. The molecule has 0 aliphatic rings. The van der Waals surface area contributed by atoms with Crippen LogP contribution in [0.25, 0.3) is 38.2 Å². The van der Waals surface area contributed by atoms with E-state index in [9.17, 15) is 18.0 Å². The normalized spacial score (nSPS) is 12.2. The summed E-state index contributed by atoms with van der Waals surface area (Å²) in [6.07, 6.45) is 0.980. The molecule has 160 valence electrons. The van der Waals surface area contributed by atoms with E-state index in [1.807, 2.05) is 25.1 Å². The molecule has 0 bridgehead atoms. The van der Waals surface area contributed by atoms with Crippen LogP contribution in [0.1, 0.15) is 5.56 Å². The Balaban J connectivity index is 1.78. The summed E-state index contributed by atoms with van der Waals surface area (Å²) in [6.45, 7) is 4.96. The number of pyridine rings is 1. The van der Waals surface area contributed by atoms with E-state index in [2.05, 4.69) is 11.6 Å². The van der Waals surface area contributed by atoms with Crippen LogP contribution < -0.4 is 5.56 Å². The number of carbonyl (C=O) groups is 1. The second-order valence-corrected chi connectivity index (χ2v) is 9.68. The lowest BCUT2D eigenvalue weighted by Crippen LogP contribution is -2.16. The molecule has 0 saturated carbocycles. The van der Waals surface area contributed by atoms with Gasteiger partial charge in [-0.15, -0.1) is 0 Å². The maximum atomic E-state index is 13.4. The Hall–Kier alpha value is -3.78. The van der Waals surface area contributed by atoms with E-state index in [1.54, 1.807) is 28.7 Å². The first-order chi connectivity index (χ1) is 15.3. The molecule has 2 aromatic heterocycles. The third kappa shape index (κ3) is 2.95. The molecule has 0 N–H and O–H groups in total. The second-order valence-electron chi connectivity index (χ2n) is 7.60. The number of aromatic nitrogens is 2. The molecular formula is C24H18N2O5S. The Bertz CT molecular complexity index is 1740. The molecule has 0 aliphatic carbocycles. The van der Waals surface area contributed by atoms with Crippen LogP contribution in [0.15, 0.2) is 70.9 Å².